The smallest absolute Gasteiger partial charge is 0.238 e. The molecule has 0 aliphatic carbocycles. The third-order valence-electron chi connectivity index (χ3n) is 3.99. The molecule has 0 unspecified atom stereocenters. The second-order valence-corrected chi connectivity index (χ2v) is 8.72. The molecule has 2 aromatic rings. The van der Waals surface area contributed by atoms with Crippen LogP contribution in [0, 0.1) is 0 Å². The highest BCUT2D eigenvalue weighted by Gasteiger charge is 2.12. The van der Waals surface area contributed by atoms with Gasteiger partial charge in [0.25, 0.3) is 0 Å². The molecule has 154 valence electrons. The number of primary sulfonamides is 1. The number of nitrogens with one attached hydrogen (secondary N) is 1. The third kappa shape index (κ3) is 6.77. The number of benzene rings is 2. The molecule has 0 fully saturated rings. The number of hydrogen-bond donors (Lipinski definition) is 2. The zero-order valence-electron chi connectivity index (χ0n) is 16.2. The van der Waals surface area contributed by atoms with Crippen LogP contribution in [0.5, 0.6) is 11.5 Å². The van der Waals surface area contributed by atoms with E-state index in [0.29, 0.717) is 19.8 Å². The molecule has 6 nitrogen and oxygen atoms in total. The molecule has 8 heteroatoms. The summed E-state index contributed by atoms with van der Waals surface area (Å²) < 4.78 is 35.0. The van der Waals surface area contributed by atoms with E-state index >= 15 is 0 Å². The van der Waals surface area contributed by atoms with Gasteiger partial charge in [0.05, 0.1) is 22.6 Å². The predicted molar refractivity (Wildman–Crippen MR) is 114 cm³/mol. The van der Waals surface area contributed by atoms with Crippen LogP contribution in [-0.4, -0.2) is 28.2 Å². The maximum Gasteiger partial charge on any atom is 0.238 e. The minimum atomic E-state index is -3.65. The molecule has 0 saturated heterocycles. The van der Waals surface area contributed by atoms with Gasteiger partial charge in [-0.3, -0.25) is 0 Å². The monoisotopic (exact) mass is 470 g/mol. The van der Waals surface area contributed by atoms with E-state index in [4.69, 9.17) is 14.6 Å². The van der Waals surface area contributed by atoms with Crippen molar-refractivity contribution in [2.45, 2.75) is 38.1 Å². The van der Waals surface area contributed by atoms with Crippen molar-refractivity contribution in [3.05, 3.63) is 52.0 Å². The number of nitrogens with two attached hydrogens (primary N) is 1. The fourth-order valence-corrected chi connectivity index (χ4v) is 3.76. The maximum absolute atomic E-state index is 11.3. The molecular weight excluding hydrogens is 444 g/mol. The van der Waals surface area contributed by atoms with Gasteiger partial charge in [0.1, 0.15) is 0 Å². The first kappa shape index (κ1) is 22.7. The van der Waals surface area contributed by atoms with Gasteiger partial charge < -0.3 is 14.8 Å². The molecule has 0 aromatic heterocycles. The lowest BCUT2D eigenvalue weighted by Gasteiger charge is -2.15. The molecule has 0 aliphatic rings. The van der Waals surface area contributed by atoms with E-state index in [-0.39, 0.29) is 4.90 Å². The molecule has 0 saturated carbocycles. The van der Waals surface area contributed by atoms with Gasteiger partial charge in [-0.1, -0.05) is 19.1 Å². The van der Waals surface area contributed by atoms with Crippen molar-refractivity contribution in [1.29, 1.82) is 0 Å². The summed E-state index contributed by atoms with van der Waals surface area (Å²) in [5, 5.41) is 8.51. The fraction of sp³-hybridized carbons (Fsp3) is 0.400. The highest BCUT2D eigenvalue weighted by atomic mass is 79.9. The first-order chi connectivity index (χ1) is 13.3. The van der Waals surface area contributed by atoms with Gasteiger partial charge >= 0.3 is 0 Å². The van der Waals surface area contributed by atoms with Crippen LogP contribution < -0.4 is 19.9 Å². The van der Waals surface area contributed by atoms with Crippen LogP contribution in [0.25, 0.3) is 0 Å². The molecule has 2 rings (SSSR count). The van der Waals surface area contributed by atoms with Crippen molar-refractivity contribution in [3.8, 4) is 11.5 Å². The first-order valence-electron chi connectivity index (χ1n) is 9.25. The Morgan fingerprint density at radius 2 is 1.79 bits per heavy atom. The summed E-state index contributed by atoms with van der Waals surface area (Å²) in [6, 6.07) is 10.7. The Hall–Kier alpha value is -1.61. The summed E-state index contributed by atoms with van der Waals surface area (Å²) >= 11 is 3.57. The van der Waals surface area contributed by atoms with Crippen molar-refractivity contribution >= 4 is 26.0 Å². The Morgan fingerprint density at radius 1 is 1.07 bits per heavy atom. The molecule has 0 spiro atoms. The van der Waals surface area contributed by atoms with E-state index in [1.807, 2.05) is 19.1 Å². The number of rotatable bonds is 11. The molecule has 0 bridgehead atoms. The lowest BCUT2D eigenvalue weighted by molar-refractivity contribution is 0.275. The Morgan fingerprint density at radius 3 is 2.39 bits per heavy atom. The van der Waals surface area contributed by atoms with Crippen LogP contribution in [0.2, 0.25) is 0 Å². The summed E-state index contributed by atoms with van der Waals surface area (Å²) in [6.07, 6.45) is 1.71. The van der Waals surface area contributed by atoms with Crippen molar-refractivity contribution in [3.63, 3.8) is 0 Å². The van der Waals surface area contributed by atoms with Gasteiger partial charge in [-0.05, 0) is 77.6 Å². The molecule has 0 aliphatic heterocycles. The molecule has 3 N–H and O–H groups in total. The fourth-order valence-electron chi connectivity index (χ4n) is 2.64. The molecule has 2 aromatic carbocycles. The van der Waals surface area contributed by atoms with Crippen molar-refractivity contribution in [2.24, 2.45) is 5.14 Å². The van der Waals surface area contributed by atoms with Gasteiger partial charge in [-0.15, -0.1) is 0 Å². The second-order valence-electron chi connectivity index (χ2n) is 6.30. The van der Waals surface area contributed by atoms with Crippen LogP contribution in [0.4, 0.5) is 0 Å². The van der Waals surface area contributed by atoms with Crippen molar-refractivity contribution in [2.75, 3.05) is 19.8 Å². The summed E-state index contributed by atoms with van der Waals surface area (Å²) in [5.41, 5.74) is 2.13. The molecule has 0 atom stereocenters. The minimum absolute atomic E-state index is 0.128. The molecule has 0 amide bonds. The Kier molecular flexibility index (Phi) is 8.75. The van der Waals surface area contributed by atoms with Crippen LogP contribution in [0.15, 0.2) is 45.8 Å². The average Bonchev–Trinajstić information content (AvgIpc) is 2.64. The number of ether oxygens (including phenoxy) is 2. The normalized spacial score (nSPS) is 11.4. The quantitative estimate of drug-likeness (QED) is 0.489. The summed E-state index contributed by atoms with van der Waals surface area (Å²) in [6.45, 7) is 6.66. The molecule has 0 radical (unpaired) electrons. The van der Waals surface area contributed by atoms with Gasteiger partial charge in [-0.2, -0.15) is 0 Å². The zero-order valence-corrected chi connectivity index (χ0v) is 18.6. The number of halogens is 1. The summed E-state index contributed by atoms with van der Waals surface area (Å²) in [5.74, 6) is 1.48. The van der Waals surface area contributed by atoms with Crippen LogP contribution >= 0.6 is 15.9 Å². The maximum atomic E-state index is 11.3. The van der Waals surface area contributed by atoms with Crippen LogP contribution in [-0.2, 0) is 23.0 Å². The Balaban J connectivity index is 1.93. The van der Waals surface area contributed by atoms with Gasteiger partial charge in [-0.25, -0.2) is 13.6 Å². The van der Waals surface area contributed by atoms with E-state index < -0.39 is 10.0 Å². The SMILES string of the molecule is CCCOc1c(Br)cc(CNCCc2ccc(S(N)(=O)=O)cc2)cc1OCC. The highest BCUT2D eigenvalue weighted by Crippen LogP contribution is 2.37. The van der Waals surface area contributed by atoms with E-state index in [0.717, 1.165) is 46.5 Å². The van der Waals surface area contributed by atoms with Crippen molar-refractivity contribution < 1.29 is 17.9 Å². The largest absolute Gasteiger partial charge is 0.490 e. The Labute approximate surface area is 175 Å². The van der Waals surface area contributed by atoms with E-state index in [9.17, 15) is 8.42 Å². The summed E-state index contributed by atoms with van der Waals surface area (Å²) in [7, 11) is -3.65. The molecular formula is C20H27BrN2O4S. The minimum Gasteiger partial charge on any atom is -0.490 e. The van der Waals surface area contributed by atoms with E-state index in [1.54, 1.807) is 12.1 Å². The van der Waals surface area contributed by atoms with E-state index in [2.05, 4.69) is 28.2 Å². The zero-order chi connectivity index (χ0) is 20.6. The lowest BCUT2D eigenvalue weighted by atomic mass is 10.1. The number of sulfonamides is 1. The van der Waals surface area contributed by atoms with Gasteiger partial charge in [0.2, 0.25) is 10.0 Å². The standard InChI is InChI=1S/C20H27BrN2O4S/c1-3-11-27-20-18(21)12-16(13-19(20)26-4-2)14-23-10-9-15-5-7-17(8-6-15)28(22,24)25/h5-8,12-13,23H,3-4,9-11,14H2,1-2H3,(H2,22,24,25). The van der Waals surface area contributed by atoms with Crippen molar-refractivity contribution in [1.82, 2.24) is 5.32 Å². The third-order valence-corrected chi connectivity index (χ3v) is 5.51. The number of hydrogen-bond acceptors (Lipinski definition) is 5. The lowest BCUT2D eigenvalue weighted by Crippen LogP contribution is -2.17. The predicted octanol–water partition coefficient (Wildman–Crippen LogP) is 3.62. The summed E-state index contributed by atoms with van der Waals surface area (Å²) in [4.78, 5) is 0.128. The first-order valence-corrected chi connectivity index (χ1v) is 11.6. The highest BCUT2D eigenvalue weighted by molar-refractivity contribution is 9.10. The average molecular weight is 471 g/mol. The molecule has 28 heavy (non-hydrogen) atoms. The van der Waals surface area contributed by atoms with Gasteiger partial charge in [0, 0.05) is 6.54 Å². The van der Waals surface area contributed by atoms with Gasteiger partial charge in [0.15, 0.2) is 11.5 Å². The Bertz CT molecular complexity index is 871. The van der Waals surface area contributed by atoms with Crippen LogP contribution in [0.3, 0.4) is 0 Å². The van der Waals surface area contributed by atoms with E-state index in [1.165, 1.54) is 12.1 Å². The molecule has 0 heterocycles. The second kappa shape index (κ2) is 10.8. The van der Waals surface area contributed by atoms with Crippen LogP contribution in [0.1, 0.15) is 31.4 Å². The topological polar surface area (TPSA) is 90.6 Å².